The van der Waals surface area contributed by atoms with Gasteiger partial charge in [0.1, 0.15) is 6.04 Å². The van der Waals surface area contributed by atoms with Gasteiger partial charge in [-0.15, -0.1) is 0 Å². The maximum atomic E-state index is 13.4. The van der Waals surface area contributed by atoms with Gasteiger partial charge in [0, 0.05) is 44.0 Å². The van der Waals surface area contributed by atoms with Crippen molar-refractivity contribution in [1.82, 2.24) is 20.6 Å². The Labute approximate surface area is 211 Å². The molecule has 0 radical (unpaired) electrons. The number of anilines is 1. The minimum atomic E-state index is -0.740. The molecule has 2 atom stereocenters. The van der Waals surface area contributed by atoms with Crippen LogP contribution in [0.5, 0.6) is 0 Å². The van der Waals surface area contributed by atoms with Gasteiger partial charge in [-0.25, -0.2) is 5.06 Å². The zero-order valence-electron chi connectivity index (χ0n) is 20.7. The van der Waals surface area contributed by atoms with Crippen LogP contribution in [0.4, 0.5) is 5.69 Å². The molecule has 3 N–H and O–H groups in total. The molecule has 10 heteroatoms. The molecule has 0 spiro atoms. The molecule has 1 aromatic carbocycles. The van der Waals surface area contributed by atoms with Crippen molar-refractivity contribution in [3.8, 4) is 0 Å². The lowest BCUT2D eigenvalue weighted by atomic mass is 9.91. The van der Waals surface area contributed by atoms with Crippen molar-refractivity contribution in [2.45, 2.75) is 51.0 Å². The van der Waals surface area contributed by atoms with Crippen molar-refractivity contribution in [1.29, 1.82) is 0 Å². The predicted molar refractivity (Wildman–Crippen MR) is 133 cm³/mol. The quantitative estimate of drug-likeness (QED) is 0.203. The molecule has 36 heavy (non-hydrogen) atoms. The number of hydrogen-bond acceptors (Lipinski definition) is 7. The van der Waals surface area contributed by atoms with Crippen LogP contribution in [0.15, 0.2) is 24.3 Å². The Morgan fingerprint density at radius 1 is 1.06 bits per heavy atom. The molecule has 2 aliphatic heterocycles. The van der Waals surface area contributed by atoms with E-state index < -0.39 is 23.8 Å². The summed E-state index contributed by atoms with van der Waals surface area (Å²) in [7, 11) is 0. The lowest BCUT2D eigenvalue weighted by molar-refractivity contribution is -0.158. The molecule has 0 unspecified atom stereocenters. The number of hydrogen-bond donors (Lipinski definition) is 3. The Hall–Kier alpha value is -2.98. The average molecular weight is 500 g/mol. The number of rotatable bonds is 9. The number of carbonyl (C=O) groups is 4. The van der Waals surface area contributed by atoms with E-state index in [2.05, 4.69) is 15.5 Å². The number of imide groups is 1. The van der Waals surface area contributed by atoms with Gasteiger partial charge in [0.25, 0.3) is 5.91 Å². The van der Waals surface area contributed by atoms with E-state index in [1.807, 2.05) is 12.1 Å². The highest BCUT2D eigenvalue weighted by molar-refractivity contribution is 6.07. The lowest BCUT2D eigenvalue weighted by Crippen LogP contribution is -2.50. The van der Waals surface area contributed by atoms with Crippen molar-refractivity contribution >= 4 is 29.8 Å². The van der Waals surface area contributed by atoms with E-state index in [1.54, 1.807) is 12.1 Å². The predicted octanol–water partition coefficient (Wildman–Crippen LogP) is 1.39. The molecule has 2 saturated heterocycles. The molecular weight excluding hydrogens is 462 g/mol. The number of piperazine rings is 1. The summed E-state index contributed by atoms with van der Waals surface area (Å²) in [5.74, 6) is -1.43. The molecule has 1 aliphatic carbocycles. The van der Waals surface area contributed by atoms with E-state index in [9.17, 15) is 24.4 Å². The second kappa shape index (κ2) is 12.3. The fraction of sp³-hybridized carbons (Fsp3) is 0.615. The van der Waals surface area contributed by atoms with Crippen LogP contribution in [0, 0.1) is 11.8 Å². The van der Waals surface area contributed by atoms with Gasteiger partial charge in [-0.1, -0.05) is 25.7 Å². The zero-order valence-corrected chi connectivity index (χ0v) is 20.7. The van der Waals surface area contributed by atoms with Crippen LogP contribution in [0.3, 0.4) is 0 Å². The Bertz CT molecular complexity index is 927. The second-order valence-electron chi connectivity index (χ2n) is 10.1. The Balaban J connectivity index is 1.37. The first-order valence-electron chi connectivity index (χ1n) is 13.1. The number of nitrogens with one attached hydrogen (secondary N) is 2. The summed E-state index contributed by atoms with van der Waals surface area (Å²) in [6, 6.07) is 6.46. The minimum absolute atomic E-state index is 0.0952. The third kappa shape index (κ3) is 6.41. The molecule has 10 nitrogen and oxygen atoms in total. The van der Waals surface area contributed by atoms with Gasteiger partial charge >= 0.3 is 0 Å². The van der Waals surface area contributed by atoms with Gasteiger partial charge in [0.2, 0.25) is 18.2 Å². The third-order valence-electron chi connectivity index (χ3n) is 7.66. The molecule has 2 heterocycles. The van der Waals surface area contributed by atoms with Gasteiger partial charge in [-0.05, 0) is 49.4 Å². The van der Waals surface area contributed by atoms with Crippen LogP contribution in [0.1, 0.15) is 55.3 Å². The van der Waals surface area contributed by atoms with Crippen molar-refractivity contribution in [2.24, 2.45) is 11.8 Å². The number of nitrogens with zero attached hydrogens (tertiary/aromatic N) is 3. The fourth-order valence-corrected chi connectivity index (χ4v) is 5.72. The second-order valence-corrected chi connectivity index (χ2v) is 10.1. The van der Waals surface area contributed by atoms with Gasteiger partial charge in [-0.3, -0.25) is 29.7 Å². The monoisotopic (exact) mass is 499 g/mol. The van der Waals surface area contributed by atoms with Gasteiger partial charge in [-0.2, -0.15) is 0 Å². The van der Waals surface area contributed by atoms with Crippen LogP contribution in [0.2, 0.25) is 0 Å². The Kier molecular flexibility index (Phi) is 8.93. The number of carbonyl (C=O) groups excluding carboxylic acids is 4. The van der Waals surface area contributed by atoms with Crippen LogP contribution < -0.4 is 15.5 Å². The number of amides is 4. The van der Waals surface area contributed by atoms with E-state index >= 15 is 0 Å². The summed E-state index contributed by atoms with van der Waals surface area (Å²) < 4.78 is 0. The van der Waals surface area contributed by atoms with Crippen molar-refractivity contribution in [2.75, 3.05) is 44.2 Å². The summed E-state index contributed by atoms with van der Waals surface area (Å²) in [5, 5.41) is 16.1. The first-order valence-corrected chi connectivity index (χ1v) is 13.1. The number of hydroxylamine groups is 2. The molecular formula is C26H37N5O5. The molecule has 3 aliphatic rings. The number of likely N-dealkylation sites (tertiary alicyclic amines) is 1. The largest absolute Gasteiger partial charge is 0.369 e. The Morgan fingerprint density at radius 2 is 1.75 bits per heavy atom. The van der Waals surface area contributed by atoms with E-state index in [-0.39, 0.29) is 12.5 Å². The molecule has 3 fully saturated rings. The smallest absolute Gasteiger partial charge is 0.257 e. The summed E-state index contributed by atoms with van der Waals surface area (Å²) in [5.41, 5.74) is 1.42. The molecule has 0 aromatic heterocycles. The first kappa shape index (κ1) is 26.1. The first-order chi connectivity index (χ1) is 17.5. The summed E-state index contributed by atoms with van der Waals surface area (Å²) >= 11 is 0. The highest BCUT2D eigenvalue weighted by Gasteiger charge is 2.39. The van der Waals surface area contributed by atoms with Gasteiger partial charge in [0.15, 0.2) is 0 Å². The zero-order chi connectivity index (χ0) is 25.5. The third-order valence-corrected chi connectivity index (χ3v) is 7.66. The molecule has 4 rings (SSSR count). The molecule has 196 valence electrons. The van der Waals surface area contributed by atoms with E-state index in [0.29, 0.717) is 48.8 Å². The summed E-state index contributed by atoms with van der Waals surface area (Å²) in [6.07, 6.45) is 6.31. The highest BCUT2D eigenvalue weighted by Crippen LogP contribution is 2.32. The Morgan fingerprint density at radius 3 is 2.42 bits per heavy atom. The average Bonchev–Trinajstić information content (AvgIpc) is 3.61. The molecule has 4 amide bonds. The normalized spacial score (nSPS) is 21.3. The van der Waals surface area contributed by atoms with E-state index in [1.165, 1.54) is 4.90 Å². The van der Waals surface area contributed by atoms with Crippen LogP contribution in [-0.4, -0.2) is 84.6 Å². The molecule has 1 saturated carbocycles. The lowest BCUT2D eigenvalue weighted by Gasteiger charge is -2.30. The fourth-order valence-electron chi connectivity index (χ4n) is 5.72. The van der Waals surface area contributed by atoms with Gasteiger partial charge in [0.05, 0.1) is 12.5 Å². The van der Waals surface area contributed by atoms with Gasteiger partial charge < -0.3 is 15.1 Å². The maximum absolute atomic E-state index is 13.4. The maximum Gasteiger partial charge on any atom is 0.257 e. The SMILES string of the molecule is O=CN(O)C[C@@H](CC1CCCC1)C(=O)N1CCC[C@H]1C(=O)NC(=O)c1ccc(N2CCNCC2)cc1. The van der Waals surface area contributed by atoms with E-state index in [0.717, 1.165) is 57.5 Å². The summed E-state index contributed by atoms with van der Waals surface area (Å²) in [4.78, 5) is 54.0. The van der Waals surface area contributed by atoms with E-state index in [4.69, 9.17) is 0 Å². The van der Waals surface area contributed by atoms with Crippen LogP contribution >= 0.6 is 0 Å². The summed E-state index contributed by atoms with van der Waals surface area (Å²) in [6.45, 7) is 3.96. The van der Waals surface area contributed by atoms with Crippen molar-refractivity contribution in [3.05, 3.63) is 29.8 Å². The van der Waals surface area contributed by atoms with Crippen molar-refractivity contribution < 1.29 is 24.4 Å². The molecule has 1 aromatic rings. The topological polar surface area (TPSA) is 122 Å². The number of benzene rings is 1. The molecule has 0 bridgehead atoms. The highest BCUT2D eigenvalue weighted by atomic mass is 16.5. The van der Waals surface area contributed by atoms with Crippen molar-refractivity contribution in [3.63, 3.8) is 0 Å². The minimum Gasteiger partial charge on any atom is -0.369 e. The van der Waals surface area contributed by atoms with Crippen LogP contribution in [-0.2, 0) is 14.4 Å². The van der Waals surface area contributed by atoms with Crippen LogP contribution in [0.25, 0.3) is 0 Å². The standard InChI is InChI=1S/C26H37N5O5/c32-18-30(36)17-21(16-19-4-1-2-5-19)26(35)31-13-3-6-23(31)25(34)28-24(33)20-7-9-22(10-8-20)29-14-11-27-12-15-29/h7-10,18-19,21,23,27,36H,1-6,11-17H2,(H,28,33,34)/t21-,23+/m1/s1.